The average Bonchev–Trinajstić information content (AvgIpc) is 2.60. The molecule has 9 heteroatoms. The predicted molar refractivity (Wildman–Crippen MR) is 87.8 cm³/mol. The van der Waals surface area contributed by atoms with Crippen LogP contribution in [0, 0.1) is 10.1 Å². The molecule has 0 saturated carbocycles. The highest BCUT2D eigenvalue weighted by Crippen LogP contribution is 2.28. The molecular formula is C16H17N3O6. The third-order valence-electron chi connectivity index (χ3n) is 3.61. The van der Waals surface area contributed by atoms with E-state index in [9.17, 15) is 24.5 Å². The molecule has 0 atom stereocenters. The summed E-state index contributed by atoms with van der Waals surface area (Å²) >= 11 is 0. The Morgan fingerprint density at radius 1 is 1.16 bits per heavy atom. The van der Waals surface area contributed by atoms with Crippen LogP contribution in [0.15, 0.2) is 23.8 Å². The third kappa shape index (κ3) is 3.49. The van der Waals surface area contributed by atoms with E-state index in [1.165, 1.54) is 38.4 Å². The van der Waals surface area contributed by atoms with Gasteiger partial charge in [0.25, 0.3) is 17.5 Å². The summed E-state index contributed by atoms with van der Waals surface area (Å²) in [5.41, 5.74) is -0.258. The first kappa shape index (κ1) is 18.1. The summed E-state index contributed by atoms with van der Waals surface area (Å²) in [4.78, 5) is 48.3. The lowest BCUT2D eigenvalue weighted by atomic mass is 10.1. The standard InChI is InChI=1S/C16H17N3O6/c1-4-7-25-13-6-5-11(19(23)24)8-10(13)9-12-14(20)17(2)16(22)18(3)15(12)21/h5-6,8-9H,4,7H2,1-3H3. The molecule has 1 aliphatic rings. The number of rotatable bonds is 5. The number of carbonyl (C=O) groups excluding carboxylic acids is 3. The van der Waals surface area contributed by atoms with Crippen molar-refractivity contribution in [2.75, 3.05) is 20.7 Å². The van der Waals surface area contributed by atoms with Gasteiger partial charge in [-0.05, 0) is 18.6 Å². The van der Waals surface area contributed by atoms with Crippen LogP contribution in [0.3, 0.4) is 0 Å². The van der Waals surface area contributed by atoms with Gasteiger partial charge >= 0.3 is 6.03 Å². The first-order valence-electron chi connectivity index (χ1n) is 7.51. The Kier molecular flexibility index (Phi) is 5.16. The number of non-ortho nitro benzene ring substituents is 1. The lowest BCUT2D eigenvalue weighted by Gasteiger charge is -2.28. The van der Waals surface area contributed by atoms with Gasteiger partial charge in [0.1, 0.15) is 11.3 Å². The number of carbonyl (C=O) groups is 3. The molecular weight excluding hydrogens is 330 g/mol. The molecule has 132 valence electrons. The van der Waals surface area contributed by atoms with Gasteiger partial charge in [0, 0.05) is 31.8 Å². The number of ether oxygens (including phenoxy) is 1. The Morgan fingerprint density at radius 2 is 1.76 bits per heavy atom. The van der Waals surface area contributed by atoms with Crippen molar-refractivity contribution in [3.05, 3.63) is 39.4 Å². The molecule has 0 aliphatic carbocycles. The molecule has 4 amide bonds. The first-order chi connectivity index (χ1) is 11.8. The topological polar surface area (TPSA) is 110 Å². The van der Waals surface area contributed by atoms with Gasteiger partial charge in [0.15, 0.2) is 0 Å². The maximum atomic E-state index is 12.3. The first-order valence-corrected chi connectivity index (χ1v) is 7.51. The van der Waals surface area contributed by atoms with Crippen molar-refractivity contribution in [3.8, 4) is 5.75 Å². The lowest BCUT2D eigenvalue weighted by molar-refractivity contribution is -0.384. The molecule has 0 bridgehead atoms. The minimum atomic E-state index is -0.777. The molecule has 0 spiro atoms. The number of urea groups is 1. The number of nitro benzene ring substituents is 1. The maximum Gasteiger partial charge on any atom is 0.333 e. The summed E-state index contributed by atoms with van der Waals surface area (Å²) < 4.78 is 5.52. The predicted octanol–water partition coefficient (Wildman–Crippen LogP) is 1.82. The molecule has 1 aromatic carbocycles. The zero-order valence-electron chi connectivity index (χ0n) is 14.0. The van der Waals surface area contributed by atoms with E-state index < -0.39 is 22.8 Å². The van der Waals surface area contributed by atoms with Crippen molar-refractivity contribution in [2.24, 2.45) is 0 Å². The van der Waals surface area contributed by atoms with Gasteiger partial charge in [-0.2, -0.15) is 0 Å². The van der Waals surface area contributed by atoms with Gasteiger partial charge in [-0.25, -0.2) is 4.79 Å². The number of likely N-dealkylation sites (N-methyl/N-ethyl adjacent to an activating group) is 2. The Balaban J connectivity index is 2.54. The van der Waals surface area contributed by atoms with E-state index in [4.69, 9.17) is 4.74 Å². The number of barbiturate groups is 1. The van der Waals surface area contributed by atoms with Crippen molar-refractivity contribution in [1.82, 2.24) is 9.80 Å². The number of imide groups is 2. The largest absolute Gasteiger partial charge is 0.493 e. The summed E-state index contributed by atoms with van der Waals surface area (Å²) in [6.45, 7) is 2.27. The van der Waals surface area contributed by atoms with Gasteiger partial charge in [-0.15, -0.1) is 0 Å². The van der Waals surface area contributed by atoms with Crippen LogP contribution in [0.25, 0.3) is 6.08 Å². The van der Waals surface area contributed by atoms with Gasteiger partial charge in [-0.3, -0.25) is 29.5 Å². The quantitative estimate of drug-likeness (QED) is 0.348. The fourth-order valence-electron chi connectivity index (χ4n) is 2.24. The number of hydrogen-bond acceptors (Lipinski definition) is 6. The van der Waals surface area contributed by atoms with Crippen LogP contribution in [-0.2, 0) is 9.59 Å². The summed E-state index contributed by atoms with van der Waals surface area (Å²) in [5, 5.41) is 11.0. The molecule has 1 fully saturated rings. The van der Waals surface area contributed by atoms with Crippen LogP contribution in [-0.4, -0.2) is 53.3 Å². The fourth-order valence-corrected chi connectivity index (χ4v) is 2.24. The zero-order chi connectivity index (χ0) is 18.7. The van der Waals surface area contributed by atoms with Crippen molar-refractivity contribution in [1.29, 1.82) is 0 Å². The van der Waals surface area contributed by atoms with Crippen LogP contribution in [0.4, 0.5) is 10.5 Å². The van der Waals surface area contributed by atoms with E-state index >= 15 is 0 Å². The highest BCUT2D eigenvalue weighted by Gasteiger charge is 2.38. The van der Waals surface area contributed by atoms with Crippen LogP contribution < -0.4 is 4.74 Å². The Labute approximate surface area is 143 Å². The van der Waals surface area contributed by atoms with Crippen molar-refractivity contribution >= 4 is 29.6 Å². The van der Waals surface area contributed by atoms with Crippen LogP contribution in [0.2, 0.25) is 0 Å². The molecule has 1 aliphatic heterocycles. The van der Waals surface area contributed by atoms with Crippen LogP contribution in [0.1, 0.15) is 18.9 Å². The molecule has 0 radical (unpaired) electrons. The van der Waals surface area contributed by atoms with Gasteiger partial charge in [0.2, 0.25) is 0 Å². The van der Waals surface area contributed by atoms with E-state index in [2.05, 4.69) is 0 Å². The molecule has 1 saturated heterocycles. The smallest absolute Gasteiger partial charge is 0.333 e. The zero-order valence-corrected chi connectivity index (χ0v) is 14.0. The molecule has 0 aromatic heterocycles. The third-order valence-corrected chi connectivity index (χ3v) is 3.61. The van der Waals surface area contributed by atoms with E-state index in [1.54, 1.807) is 0 Å². The normalized spacial score (nSPS) is 14.8. The highest BCUT2D eigenvalue weighted by atomic mass is 16.6. The summed E-state index contributed by atoms with van der Waals surface area (Å²) in [5.74, 6) is -1.25. The van der Waals surface area contributed by atoms with Crippen LogP contribution in [0.5, 0.6) is 5.75 Å². The average molecular weight is 347 g/mol. The van der Waals surface area contributed by atoms with E-state index in [0.717, 1.165) is 9.80 Å². The highest BCUT2D eigenvalue weighted by molar-refractivity contribution is 6.30. The molecule has 1 heterocycles. The molecule has 0 N–H and O–H groups in total. The molecule has 25 heavy (non-hydrogen) atoms. The van der Waals surface area contributed by atoms with Gasteiger partial charge < -0.3 is 4.74 Å². The monoisotopic (exact) mass is 347 g/mol. The maximum absolute atomic E-state index is 12.3. The van der Waals surface area contributed by atoms with E-state index in [0.29, 0.717) is 18.8 Å². The van der Waals surface area contributed by atoms with Gasteiger partial charge in [-0.1, -0.05) is 6.92 Å². The molecule has 1 aromatic rings. The number of nitro groups is 1. The number of amides is 4. The summed E-state index contributed by atoms with van der Waals surface area (Å²) in [6, 6.07) is 3.17. The van der Waals surface area contributed by atoms with Gasteiger partial charge in [0.05, 0.1) is 11.5 Å². The van der Waals surface area contributed by atoms with Crippen molar-refractivity contribution in [3.63, 3.8) is 0 Å². The summed E-state index contributed by atoms with van der Waals surface area (Å²) in [7, 11) is 2.51. The van der Waals surface area contributed by atoms with E-state index in [1.807, 2.05) is 6.92 Å². The second-order valence-corrected chi connectivity index (χ2v) is 5.40. The molecule has 9 nitrogen and oxygen atoms in total. The number of hydrogen-bond donors (Lipinski definition) is 0. The molecule has 0 unspecified atom stereocenters. The second-order valence-electron chi connectivity index (χ2n) is 5.40. The Bertz CT molecular complexity index is 760. The molecule has 2 rings (SSSR count). The minimum absolute atomic E-state index is 0.204. The summed E-state index contributed by atoms with van der Waals surface area (Å²) in [6.07, 6.45) is 1.92. The minimum Gasteiger partial charge on any atom is -0.493 e. The van der Waals surface area contributed by atoms with Crippen molar-refractivity contribution in [2.45, 2.75) is 13.3 Å². The lowest BCUT2D eigenvalue weighted by Crippen LogP contribution is -2.52. The number of benzene rings is 1. The van der Waals surface area contributed by atoms with Crippen molar-refractivity contribution < 1.29 is 24.0 Å². The van der Waals surface area contributed by atoms with Crippen LogP contribution >= 0.6 is 0 Å². The second kappa shape index (κ2) is 7.12. The van der Waals surface area contributed by atoms with E-state index in [-0.39, 0.29) is 16.8 Å². The SMILES string of the molecule is CCCOc1ccc([N+](=O)[O-])cc1C=C1C(=O)N(C)C(=O)N(C)C1=O. The fraction of sp³-hybridized carbons (Fsp3) is 0.312. The Hall–Kier alpha value is -3.23. The number of nitrogens with zero attached hydrogens (tertiary/aromatic N) is 3. The Morgan fingerprint density at radius 3 is 2.28 bits per heavy atom.